The average Bonchev–Trinajstić information content (AvgIpc) is 2.06. The van der Waals surface area contributed by atoms with E-state index < -0.39 is 0 Å². The Kier molecular flexibility index (Phi) is 1.54. The maximum Gasteiger partial charge on any atom is 0.0190 e. The molecule has 0 aromatic carbocycles. The van der Waals surface area contributed by atoms with E-state index >= 15 is 0 Å². The minimum absolute atomic E-state index is 0.531. The molecule has 0 radical (unpaired) electrons. The van der Waals surface area contributed by atoms with Crippen molar-refractivity contribution in [3.05, 3.63) is 47.6 Å². The van der Waals surface area contributed by atoms with E-state index in [0.717, 1.165) is 5.03 Å². The minimum atomic E-state index is 0.531. The van der Waals surface area contributed by atoms with E-state index in [0.29, 0.717) is 23.7 Å². The molecule has 2 bridgehead atoms. The molecule has 0 nitrogen and oxygen atoms in total. The van der Waals surface area contributed by atoms with Gasteiger partial charge in [-0.2, -0.15) is 0 Å². The lowest BCUT2D eigenvalue weighted by Crippen LogP contribution is -2.36. The molecular formula is C12H11Cl. The fraction of sp³-hybridized carbons (Fsp3) is 0.333. The van der Waals surface area contributed by atoms with E-state index in [4.69, 9.17) is 11.6 Å². The lowest BCUT2D eigenvalue weighted by atomic mass is 9.63. The summed E-state index contributed by atoms with van der Waals surface area (Å²) < 4.78 is 0. The van der Waals surface area contributed by atoms with E-state index in [-0.39, 0.29) is 0 Å². The van der Waals surface area contributed by atoms with Crippen LogP contribution in [-0.4, -0.2) is 0 Å². The quantitative estimate of drug-likeness (QED) is 0.515. The molecule has 0 aliphatic heterocycles. The van der Waals surface area contributed by atoms with Gasteiger partial charge in [0.15, 0.2) is 0 Å². The molecular weight excluding hydrogens is 180 g/mol. The normalized spacial score (nSPS) is 47.3. The second-order valence-electron chi connectivity index (χ2n) is 3.96. The lowest BCUT2D eigenvalue weighted by molar-refractivity contribution is 0.304. The molecule has 66 valence electrons. The standard InChI is InChI=1S/C12H11Cl/c13-11-7-10-8-3-1-2-4-9(6-5-8)12(10)11/h1-10,12H/b3-1+,4-2?/t8-,9-,10+,12+/m1/s1. The number of allylic oxidation sites excluding steroid dienone is 8. The molecule has 4 atom stereocenters. The second kappa shape index (κ2) is 2.62. The van der Waals surface area contributed by atoms with Gasteiger partial charge in [-0.25, -0.2) is 0 Å². The van der Waals surface area contributed by atoms with Crippen molar-refractivity contribution in [2.75, 3.05) is 0 Å². The van der Waals surface area contributed by atoms with Gasteiger partial charge in [0.1, 0.15) is 0 Å². The number of rotatable bonds is 0. The van der Waals surface area contributed by atoms with Gasteiger partial charge in [-0.15, -0.1) is 0 Å². The number of halogens is 1. The summed E-state index contributed by atoms with van der Waals surface area (Å²) in [5.41, 5.74) is 0. The van der Waals surface area contributed by atoms with Crippen molar-refractivity contribution in [1.29, 1.82) is 0 Å². The Balaban J connectivity index is 2.08. The van der Waals surface area contributed by atoms with E-state index in [9.17, 15) is 0 Å². The van der Waals surface area contributed by atoms with Gasteiger partial charge >= 0.3 is 0 Å². The largest absolute Gasteiger partial charge is 0.0891 e. The minimum Gasteiger partial charge on any atom is -0.0891 e. The Bertz CT molecular complexity index is 346. The molecule has 1 heteroatoms. The molecule has 0 saturated heterocycles. The molecule has 0 N–H and O–H groups in total. The molecule has 0 heterocycles. The lowest BCUT2D eigenvalue weighted by Gasteiger charge is -2.43. The second-order valence-corrected chi connectivity index (χ2v) is 4.40. The topological polar surface area (TPSA) is 0 Å². The maximum absolute atomic E-state index is 6.11. The van der Waals surface area contributed by atoms with E-state index in [2.05, 4.69) is 42.5 Å². The van der Waals surface area contributed by atoms with Crippen molar-refractivity contribution < 1.29 is 0 Å². The van der Waals surface area contributed by atoms with Crippen LogP contribution in [0.15, 0.2) is 47.6 Å². The predicted octanol–water partition coefficient (Wildman–Crippen LogP) is 3.28. The highest BCUT2D eigenvalue weighted by Gasteiger charge is 2.41. The molecule has 0 aromatic rings. The first-order valence-corrected chi connectivity index (χ1v) is 5.14. The summed E-state index contributed by atoms with van der Waals surface area (Å²) in [7, 11) is 0. The number of hydrogen-bond donors (Lipinski definition) is 0. The van der Waals surface area contributed by atoms with Crippen molar-refractivity contribution in [3.63, 3.8) is 0 Å². The van der Waals surface area contributed by atoms with Crippen LogP contribution in [0.1, 0.15) is 0 Å². The van der Waals surface area contributed by atoms with Gasteiger partial charge in [0, 0.05) is 22.8 Å². The first-order valence-electron chi connectivity index (χ1n) is 4.77. The fourth-order valence-corrected chi connectivity index (χ4v) is 2.96. The summed E-state index contributed by atoms with van der Waals surface area (Å²) in [6.07, 6.45) is 15.6. The molecule has 0 unspecified atom stereocenters. The maximum atomic E-state index is 6.11. The predicted molar refractivity (Wildman–Crippen MR) is 55.3 cm³/mol. The van der Waals surface area contributed by atoms with Crippen LogP contribution >= 0.6 is 11.6 Å². The zero-order valence-electron chi connectivity index (χ0n) is 7.23. The van der Waals surface area contributed by atoms with Crippen LogP contribution in [0.3, 0.4) is 0 Å². The molecule has 3 rings (SSSR count). The summed E-state index contributed by atoms with van der Waals surface area (Å²) >= 11 is 6.11. The first kappa shape index (κ1) is 7.64. The Hall–Kier alpha value is -0.750. The molecule has 3 aliphatic rings. The van der Waals surface area contributed by atoms with Crippen LogP contribution in [0.4, 0.5) is 0 Å². The van der Waals surface area contributed by atoms with Crippen molar-refractivity contribution in [2.45, 2.75) is 0 Å². The van der Waals surface area contributed by atoms with Gasteiger partial charge in [-0.3, -0.25) is 0 Å². The average molecular weight is 191 g/mol. The van der Waals surface area contributed by atoms with Crippen molar-refractivity contribution in [3.8, 4) is 0 Å². The van der Waals surface area contributed by atoms with Gasteiger partial charge in [0.05, 0.1) is 0 Å². The Morgan fingerprint density at radius 2 is 1.62 bits per heavy atom. The van der Waals surface area contributed by atoms with Crippen LogP contribution in [0, 0.1) is 23.7 Å². The zero-order valence-corrected chi connectivity index (χ0v) is 7.98. The van der Waals surface area contributed by atoms with Gasteiger partial charge in [-0.05, 0) is 5.92 Å². The summed E-state index contributed by atoms with van der Waals surface area (Å²) in [5.74, 6) is 2.33. The van der Waals surface area contributed by atoms with Crippen LogP contribution in [0.25, 0.3) is 0 Å². The Morgan fingerprint density at radius 3 is 2.38 bits per heavy atom. The number of hydrogen-bond acceptors (Lipinski definition) is 0. The highest BCUT2D eigenvalue weighted by molar-refractivity contribution is 6.30. The molecule has 0 fully saturated rings. The van der Waals surface area contributed by atoms with Crippen molar-refractivity contribution >= 4 is 11.6 Å². The van der Waals surface area contributed by atoms with E-state index in [1.54, 1.807) is 0 Å². The van der Waals surface area contributed by atoms with Crippen LogP contribution in [0.2, 0.25) is 0 Å². The Labute approximate surface area is 83.3 Å². The highest BCUT2D eigenvalue weighted by atomic mass is 35.5. The molecule has 0 spiro atoms. The van der Waals surface area contributed by atoms with E-state index in [1.165, 1.54) is 0 Å². The molecule has 0 saturated carbocycles. The summed E-state index contributed by atoms with van der Waals surface area (Å²) in [4.78, 5) is 0. The summed E-state index contributed by atoms with van der Waals surface area (Å²) in [6, 6.07) is 0. The fourth-order valence-electron chi connectivity index (χ4n) is 2.52. The summed E-state index contributed by atoms with van der Waals surface area (Å²) in [6.45, 7) is 0. The van der Waals surface area contributed by atoms with Crippen molar-refractivity contribution in [2.24, 2.45) is 23.7 Å². The Morgan fingerprint density at radius 1 is 0.923 bits per heavy atom. The van der Waals surface area contributed by atoms with Gasteiger partial charge < -0.3 is 0 Å². The zero-order chi connectivity index (χ0) is 8.84. The summed E-state index contributed by atoms with van der Waals surface area (Å²) in [5, 5.41) is 1.06. The molecule has 0 amide bonds. The highest BCUT2D eigenvalue weighted by Crippen LogP contribution is 2.50. The SMILES string of the molecule is ClC1=C[C@@H]2[C@@H]1[C@@H]1C=C/C=C/[C@@H]2C=C1. The van der Waals surface area contributed by atoms with Crippen LogP contribution in [-0.2, 0) is 0 Å². The van der Waals surface area contributed by atoms with Gasteiger partial charge in [0.25, 0.3) is 0 Å². The molecule has 3 aliphatic carbocycles. The van der Waals surface area contributed by atoms with Crippen molar-refractivity contribution in [1.82, 2.24) is 0 Å². The van der Waals surface area contributed by atoms with E-state index in [1.807, 2.05) is 0 Å². The van der Waals surface area contributed by atoms with Gasteiger partial charge in [0.2, 0.25) is 0 Å². The monoisotopic (exact) mass is 190 g/mol. The van der Waals surface area contributed by atoms with Crippen LogP contribution < -0.4 is 0 Å². The molecule has 0 aromatic heterocycles. The molecule has 13 heavy (non-hydrogen) atoms. The third-order valence-corrected chi connectivity index (χ3v) is 3.66. The van der Waals surface area contributed by atoms with Crippen LogP contribution in [0.5, 0.6) is 0 Å². The van der Waals surface area contributed by atoms with Gasteiger partial charge in [-0.1, -0.05) is 54.1 Å². The first-order chi connectivity index (χ1) is 6.36. The smallest absolute Gasteiger partial charge is 0.0190 e. The third-order valence-electron chi connectivity index (χ3n) is 3.28. The third kappa shape index (κ3) is 0.986.